The molecule has 1 aromatic carbocycles. The third-order valence-corrected chi connectivity index (χ3v) is 2.40. The van der Waals surface area contributed by atoms with Crippen LogP contribution in [0, 0.1) is 0 Å². The second-order valence-corrected chi connectivity index (χ2v) is 3.78. The van der Waals surface area contributed by atoms with E-state index in [1.807, 2.05) is 0 Å². The number of halogens is 6. The average molecular weight is 314 g/mol. The van der Waals surface area contributed by atoms with Gasteiger partial charge in [-0.1, -0.05) is 0 Å². The topological polar surface area (TPSA) is 57.1 Å². The lowest BCUT2D eigenvalue weighted by atomic mass is 10.2. The molecule has 0 amide bonds. The van der Waals surface area contributed by atoms with E-state index in [1.54, 1.807) is 0 Å². The van der Waals surface area contributed by atoms with Crippen LogP contribution in [-0.2, 0) is 12.5 Å². The third kappa shape index (κ3) is 2.71. The van der Waals surface area contributed by atoms with Crippen molar-refractivity contribution in [1.82, 2.24) is 9.31 Å². The van der Waals surface area contributed by atoms with Crippen molar-refractivity contribution in [3.8, 4) is 5.69 Å². The summed E-state index contributed by atoms with van der Waals surface area (Å²) in [5.74, 6) is -1.99. The fraction of sp³-hybridized carbons (Fsp3) is 0.200. The Labute approximate surface area is 110 Å². The van der Waals surface area contributed by atoms with E-state index in [0.29, 0.717) is 24.3 Å². The van der Waals surface area contributed by atoms with Crippen LogP contribution in [0.15, 0.2) is 38.4 Å². The maximum Gasteiger partial charge on any atom is 0.498 e. The first-order chi connectivity index (χ1) is 9.51. The third-order valence-electron chi connectivity index (χ3n) is 2.40. The molecule has 0 saturated carbocycles. The summed E-state index contributed by atoms with van der Waals surface area (Å²) in [4.78, 5) is 22.4. The molecule has 0 fully saturated rings. The molecule has 0 aliphatic heterocycles. The first-order valence-corrected chi connectivity index (χ1v) is 5.12. The highest BCUT2D eigenvalue weighted by Crippen LogP contribution is 2.29. The second kappa shape index (κ2) is 4.53. The maximum absolute atomic E-state index is 12.4. The van der Waals surface area contributed by atoms with Crippen molar-refractivity contribution in [2.45, 2.75) is 12.5 Å². The molecular weight excluding hydrogens is 310 g/mol. The lowest BCUT2D eigenvalue weighted by Crippen LogP contribution is -2.37. The minimum Gasteiger partial charge on any atom is -0.311 e. The SMILES string of the molecule is O=c1on(-c2ccc(C(F)(F)F)cc2)c(=O)n1C(F)(F)F. The van der Waals surface area contributed by atoms with E-state index >= 15 is 0 Å². The van der Waals surface area contributed by atoms with Gasteiger partial charge in [0.15, 0.2) is 0 Å². The summed E-state index contributed by atoms with van der Waals surface area (Å²) < 4.78 is 77.1. The van der Waals surface area contributed by atoms with Crippen LogP contribution >= 0.6 is 0 Å². The molecule has 114 valence electrons. The van der Waals surface area contributed by atoms with Gasteiger partial charge in [-0.15, -0.1) is 22.5 Å². The monoisotopic (exact) mass is 314 g/mol. The summed E-state index contributed by atoms with van der Waals surface area (Å²) in [5, 5.41) is 0. The van der Waals surface area contributed by atoms with Gasteiger partial charge < -0.3 is 4.52 Å². The zero-order valence-electron chi connectivity index (χ0n) is 9.70. The van der Waals surface area contributed by atoms with Crippen molar-refractivity contribution in [3.63, 3.8) is 0 Å². The Bertz CT molecular complexity index is 762. The van der Waals surface area contributed by atoms with Crippen molar-refractivity contribution < 1.29 is 30.9 Å². The van der Waals surface area contributed by atoms with Gasteiger partial charge in [-0.2, -0.15) is 13.2 Å². The molecule has 0 spiro atoms. The summed E-state index contributed by atoms with van der Waals surface area (Å²) in [6, 6.07) is 2.47. The summed E-state index contributed by atoms with van der Waals surface area (Å²) in [6.45, 7) is 0. The quantitative estimate of drug-likeness (QED) is 0.757. The van der Waals surface area contributed by atoms with Gasteiger partial charge in [0.25, 0.3) is 0 Å². The number of nitrogens with zero attached hydrogens (tertiary/aromatic N) is 2. The maximum atomic E-state index is 12.4. The summed E-state index contributed by atoms with van der Waals surface area (Å²) >= 11 is 0. The lowest BCUT2D eigenvalue weighted by molar-refractivity contribution is -0.209. The predicted octanol–water partition coefficient (Wildman–Crippen LogP) is 2.09. The van der Waals surface area contributed by atoms with Crippen LogP contribution in [0.2, 0.25) is 0 Å². The van der Waals surface area contributed by atoms with Crippen LogP contribution in [0.3, 0.4) is 0 Å². The van der Waals surface area contributed by atoms with Crippen molar-refractivity contribution in [2.75, 3.05) is 0 Å². The normalized spacial score (nSPS) is 12.7. The van der Waals surface area contributed by atoms with E-state index in [2.05, 4.69) is 4.52 Å². The molecule has 0 unspecified atom stereocenters. The van der Waals surface area contributed by atoms with Gasteiger partial charge in [-0.25, -0.2) is 9.59 Å². The Morgan fingerprint density at radius 3 is 1.81 bits per heavy atom. The number of rotatable bonds is 1. The molecule has 11 heteroatoms. The Balaban J connectivity index is 2.55. The summed E-state index contributed by atoms with van der Waals surface area (Å²) in [6.07, 6.45) is -9.95. The molecule has 1 aromatic heterocycles. The van der Waals surface area contributed by atoms with E-state index in [9.17, 15) is 35.9 Å². The smallest absolute Gasteiger partial charge is 0.311 e. The van der Waals surface area contributed by atoms with Crippen molar-refractivity contribution >= 4 is 0 Å². The van der Waals surface area contributed by atoms with Gasteiger partial charge in [-0.3, -0.25) is 0 Å². The zero-order valence-corrected chi connectivity index (χ0v) is 9.70. The van der Waals surface area contributed by atoms with E-state index in [0.717, 1.165) is 0 Å². The molecule has 2 rings (SSSR count). The first-order valence-electron chi connectivity index (χ1n) is 5.12. The summed E-state index contributed by atoms with van der Waals surface area (Å²) in [5.41, 5.74) is -3.39. The fourth-order valence-electron chi connectivity index (χ4n) is 1.49. The van der Waals surface area contributed by atoms with Crippen LogP contribution in [0.5, 0.6) is 0 Å². The van der Waals surface area contributed by atoms with Crippen LogP contribution in [0.4, 0.5) is 26.3 Å². The molecule has 0 atom stereocenters. The first kappa shape index (κ1) is 14.9. The number of hydrogen-bond acceptors (Lipinski definition) is 3. The molecule has 0 aliphatic rings. The molecule has 2 aromatic rings. The van der Waals surface area contributed by atoms with Crippen molar-refractivity contribution in [2.24, 2.45) is 0 Å². The van der Waals surface area contributed by atoms with E-state index in [4.69, 9.17) is 0 Å². The Hall–Kier alpha value is -2.46. The van der Waals surface area contributed by atoms with Crippen LogP contribution in [0.1, 0.15) is 5.56 Å². The molecule has 0 radical (unpaired) electrons. The van der Waals surface area contributed by atoms with Gasteiger partial charge in [0.1, 0.15) is 0 Å². The van der Waals surface area contributed by atoms with E-state index < -0.39 is 39.7 Å². The molecule has 5 nitrogen and oxygen atoms in total. The minimum absolute atomic E-state index is 0.0457. The lowest BCUT2D eigenvalue weighted by Gasteiger charge is -2.06. The van der Waals surface area contributed by atoms with Gasteiger partial charge in [0.2, 0.25) is 0 Å². The Morgan fingerprint density at radius 2 is 1.43 bits per heavy atom. The fourth-order valence-corrected chi connectivity index (χ4v) is 1.49. The summed E-state index contributed by atoms with van der Waals surface area (Å²) in [7, 11) is 0. The molecule has 1 heterocycles. The highest BCUT2D eigenvalue weighted by molar-refractivity contribution is 5.34. The molecule has 0 aliphatic carbocycles. The van der Waals surface area contributed by atoms with Gasteiger partial charge >= 0.3 is 23.9 Å². The van der Waals surface area contributed by atoms with Crippen LogP contribution in [0.25, 0.3) is 5.69 Å². The van der Waals surface area contributed by atoms with E-state index in [-0.39, 0.29) is 4.74 Å². The Morgan fingerprint density at radius 1 is 0.905 bits per heavy atom. The van der Waals surface area contributed by atoms with Crippen molar-refractivity contribution in [3.05, 3.63) is 50.9 Å². The highest BCUT2D eigenvalue weighted by atomic mass is 19.4. The van der Waals surface area contributed by atoms with Gasteiger partial charge in [0, 0.05) is 0 Å². The molecular formula is C10H4F6N2O3. The number of aromatic nitrogens is 2. The number of benzene rings is 1. The molecule has 0 N–H and O–H groups in total. The van der Waals surface area contributed by atoms with Crippen molar-refractivity contribution in [1.29, 1.82) is 0 Å². The highest BCUT2D eigenvalue weighted by Gasteiger charge is 2.38. The van der Waals surface area contributed by atoms with Crippen LogP contribution in [-0.4, -0.2) is 9.31 Å². The number of hydrogen-bond donors (Lipinski definition) is 0. The minimum atomic E-state index is -5.30. The van der Waals surface area contributed by atoms with Gasteiger partial charge in [0.05, 0.1) is 11.3 Å². The largest absolute Gasteiger partial charge is 0.498 e. The number of alkyl halides is 6. The van der Waals surface area contributed by atoms with Crippen LogP contribution < -0.4 is 11.4 Å². The van der Waals surface area contributed by atoms with Gasteiger partial charge in [-0.05, 0) is 24.3 Å². The van der Waals surface area contributed by atoms with E-state index in [1.165, 1.54) is 0 Å². The molecule has 0 bridgehead atoms. The Kier molecular flexibility index (Phi) is 3.22. The standard InChI is InChI=1S/C10H4F6N2O3/c11-9(12,13)5-1-3-6(4-2-5)18-7(19)17(8(20)21-18)10(14,15)16/h1-4H. The average Bonchev–Trinajstić information content (AvgIpc) is 2.63. The molecule has 0 saturated heterocycles. The molecule has 21 heavy (non-hydrogen) atoms. The predicted molar refractivity (Wildman–Crippen MR) is 54.9 cm³/mol. The zero-order chi connectivity index (χ0) is 16.0. The second-order valence-electron chi connectivity index (χ2n) is 3.78.